The number of rotatable bonds is 2. The first-order valence-corrected chi connectivity index (χ1v) is 6.49. The molecule has 3 aromatic rings. The first kappa shape index (κ1) is 13.1. The molecule has 2 aromatic heterocycles. The van der Waals surface area contributed by atoms with Crippen LogP contribution in [0.2, 0.25) is 5.02 Å². The molecule has 20 heavy (non-hydrogen) atoms. The number of methoxy groups -OCH3 is 1. The van der Waals surface area contributed by atoms with E-state index >= 15 is 0 Å². The molecule has 4 nitrogen and oxygen atoms in total. The molecular formula is C13H9ClFN3OS. The molecule has 0 saturated carbocycles. The number of pyridine rings is 1. The molecule has 0 spiro atoms. The van der Waals surface area contributed by atoms with Gasteiger partial charge in [0.2, 0.25) is 0 Å². The quantitative estimate of drug-likeness (QED) is 0.730. The van der Waals surface area contributed by atoms with Gasteiger partial charge in [-0.2, -0.15) is 0 Å². The van der Waals surface area contributed by atoms with Gasteiger partial charge in [-0.25, -0.2) is 9.37 Å². The number of nitrogens with zero attached hydrogens (tertiary/aromatic N) is 2. The number of aromatic amines is 1. The summed E-state index contributed by atoms with van der Waals surface area (Å²) in [5.74, 6) is -0.286. The Labute approximate surface area is 123 Å². The molecule has 0 bridgehead atoms. The Bertz CT molecular complexity index is 858. The minimum Gasteiger partial charge on any atom is -0.494 e. The van der Waals surface area contributed by atoms with Crippen molar-refractivity contribution in [3.05, 3.63) is 46.1 Å². The van der Waals surface area contributed by atoms with Crippen molar-refractivity contribution < 1.29 is 9.13 Å². The number of nitrogens with one attached hydrogen (secondary N) is 1. The highest BCUT2D eigenvalue weighted by atomic mass is 35.5. The van der Waals surface area contributed by atoms with E-state index in [1.807, 2.05) is 0 Å². The van der Waals surface area contributed by atoms with Crippen molar-refractivity contribution in [3.63, 3.8) is 0 Å². The Kier molecular flexibility index (Phi) is 3.19. The number of ether oxygens (including phenoxy) is 1. The fraction of sp³-hybridized carbons (Fsp3) is 0.0769. The van der Waals surface area contributed by atoms with Crippen molar-refractivity contribution in [2.45, 2.75) is 0 Å². The van der Waals surface area contributed by atoms with Gasteiger partial charge in [0.1, 0.15) is 0 Å². The Morgan fingerprint density at radius 3 is 2.95 bits per heavy atom. The van der Waals surface area contributed by atoms with Gasteiger partial charge in [0.05, 0.1) is 23.3 Å². The minimum atomic E-state index is -0.432. The van der Waals surface area contributed by atoms with E-state index in [4.69, 9.17) is 28.6 Å². The van der Waals surface area contributed by atoms with Gasteiger partial charge in [0, 0.05) is 12.3 Å². The van der Waals surface area contributed by atoms with Crippen molar-refractivity contribution in [3.8, 4) is 11.4 Å². The molecule has 0 unspecified atom stereocenters. The predicted molar refractivity (Wildman–Crippen MR) is 77.8 cm³/mol. The third-order valence-corrected chi connectivity index (χ3v) is 3.37. The minimum absolute atomic E-state index is 0.146. The van der Waals surface area contributed by atoms with Crippen molar-refractivity contribution in [2.24, 2.45) is 0 Å². The third-order valence-electron chi connectivity index (χ3n) is 2.88. The van der Waals surface area contributed by atoms with E-state index < -0.39 is 5.82 Å². The fourth-order valence-corrected chi connectivity index (χ4v) is 2.46. The lowest BCUT2D eigenvalue weighted by atomic mass is 10.3. The molecule has 0 saturated heterocycles. The lowest BCUT2D eigenvalue weighted by Gasteiger charge is -2.07. The Hall–Kier alpha value is -1.92. The van der Waals surface area contributed by atoms with E-state index in [-0.39, 0.29) is 5.75 Å². The van der Waals surface area contributed by atoms with Crippen LogP contribution in [0.25, 0.3) is 16.9 Å². The summed E-state index contributed by atoms with van der Waals surface area (Å²) in [5, 5.41) is 0.512. The van der Waals surface area contributed by atoms with Crippen LogP contribution in [-0.2, 0) is 0 Å². The zero-order valence-electron chi connectivity index (χ0n) is 10.4. The first-order valence-electron chi connectivity index (χ1n) is 5.70. The third kappa shape index (κ3) is 2.07. The Balaban J connectivity index is 2.29. The summed E-state index contributed by atoms with van der Waals surface area (Å²) in [6.45, 7) is 0. The molecule has 7 heteroatoms. The van der Waals surface area contributed by atoms with Crippen LogP contribution in [-0.4, -0.2) is 21.6 Å². The standard InChI is InChI=1S/C13H9ClFN3OS/c1-19-11-5-8(2-3-9(11)15)18-12-10(17-13(18)20)4-7(14)6-16-12/h2-6H,1H3,(H,17,20). The van der Waals surface area contributed by atoms with Gasteiger partial charge in [0.15, 0.2) is 22.0 Å². The molecule has 0 atom stereocenters. The van der Waals surface area contributed by atoms with Gasteiger partial charge < -0.3 is 9.72 Å². The molecule has 0 fully saturated rings. The van der Waals surface area contributed by atoms with Crippen LogP contribution in [0.15, 0.2) is 30.5 Å². The van der Waals surface area contributed by atoms with Gasteiger partial charge in [-0.15, -0.1) is 0 Å². The zero-order valence-corrected chi connectivity index (χ0v) is 11.9. The van der Waals surface area contributed by atoms with Gasteiger partial charge in [-0.3, -0.25) is 4.57 Å². The van der Waals surface area contributed by atoms with Crippen LogP contribution in [0.5, 0.6) is 5.75 Å². The second-order valence-electron chi connectivity index (χ2n) is 4.11. The number of imidazole rings is 1. The molecule has 0 aliphatic rings. The van der Waals surface area contributed by atoms with Crippen LogP contribution in [0, 0.1) is 10.6 Å². The number of benzene rings is 1. The highest BCUT2D eigenvalue weighted by Gasteiger charge is 2.11. The van der Waals surface area contributed by atoms with E-state index in [1.165, 1.54) is 19.4 Å². The average Bonchev–Trinajstić information content (AvgIpc) is 2.74. The number of hydrogen-bond donors (Lipinski definition) is 1. The molecule has 1 aromatic carbocycles. The molecule has 2 heterocycles. The van der Waals surface area contributed by atoms with Gasteiger partial charge in [-0.05, 0) is 30.4 Å². The van der Waals surface area contributed by atoms with E-state index in [0.717, 1.165) is 0 Å². The summed E-state index contributed by atoms with van der Waals surface area (Å²) in [4.78, 5) is 7.27. The summed E-state index contributed by atoms with van der Waals surface area (Å²) in [6.07, 6.45) is 1.53. The molecule has 102 valence electrons. The maximum Gasteiger partial charge on any atom is 0.184 e. The normalized spacial score (nSPS) is 10.9. The van der Waals surface area contributed by atoms with E-state index in [9.17, 15) is 4.39 Å². The highest BCUT2D eigenvalue weighted by Crippen LogP contribution is 2.25. The molecule has 0 aliphatic heterocycles. The lowest BCUT2D eigenvalue weighted by Crippen LogP contribution is -1.97. The predicted octanol–water partition coefficient (Wildman–Crippen LogP) is 3.88. The molecular weight excluding hydrogens is 301 g/mol. The van der Waals surface area contributed by atoms with Crippen molar-refractivity contribution in [1.82, 2.24) is 14.5 Å². The van der Waals surface area contributed by atoms with Gasteiger partial charge in [0.25, 0.3) is 0 Å². The highest BCUT2D eigenvalue weighted by molar-refractivity contribution is 7.71. The molecule has 0 radical (unpaired) electrons. The molecule has 0 amide bonds. The molecule has 3 rings (SSSR count). The topological polar surface area (TPSA) is 42.8 Å². The Morgan fingerprint density at radius 1 is 1.40 bits per heavy atom. The number of H-pyrrole nitrogens is 1. The largest absolute Gasteiger partial charge is 0.494 e. The lowest BCUT2D eigenvalue weighted by molar-refractivity contribution is 0.386. The number of fused-ring (bicyclic) bond motifs is 1. The summed E-state index contributed by atoms with van der Waals surface area (Å²) in [6, 6.07) is 6.23. The van der Waals surface area contributed by atoms with Gasteiger partial charge in [-0.1, -0.05) is 11.6 Å². The smallest absolute Gasteiger partial charge is 0.184 e. The summed E-state index contributed by atoms with van der Waals surface area (Å²) in [7, 11) is 1.41. The van der Waals surface area contributed by atoms with Crippen molar-refractivity contribution in [1.29, 1.82) is 0 Å². The summed E-state index contributed by atoms with van der Waals surface area (Å²) < 4.78 is 20.6. The maximum atomic E-state index is 13.5. The summed E-state index contributed by atoms with van der Waals surface area (Å²) >= 11 is 11.2. The SMILES string of the molecule is COc1cc(-n2c(=S)[nH]c3cc(Cl)cnc32)ccc1F. The average molecular weight is 310 g/mol. The van der Waals surface area contributed by atoms with Crippen molar-refractivity contribution >= 4 is 35.0 Å². The van der Waals surface area contributed by atoms with Crippen LogP contribution in [0.1, 0.15) is 0 Å². The van der Waals surface area contributed by atoms with E-state index in [0.29, 0.717) is 26.6 Å². The van der Waals surface area contributed by atoms with Crippen LogP contribution < -0.4 is 4.74 Å². The number of hydrogen-bond acceptors (Lipinski definition) is 3. The van der Waals surface area contributed by atoms with Crippen LogP contribution >= 0.6 is 23.8 Å². The van der Waals surface area contributed by atoms with Crippen molar-refractivity contribution in [2.75, 3.05) is 7.11 Å². The van der Waals surface area contributed by atoms with E-state index in [1.54, 1.807) is 22.8 Å². The monoisotopic (exact) mass is 309 g/mol. The number of aromatic nitrogens is 3. The van der Waals surface area contributed by atoms with Crippen LogP contribution in [0.4, 0.5) is 4.39 Å². The summed E-state index contributed by atoms with van der Waals surface area (Å²) in [5.41, 5.74) is 1.99. The van der Waals surface area contributed by atoms with Gasteiger partial charge >= 0.3 is 0 Å². The second kappa shape index (κ2) is 4.88. The zero-order chi connectivity index (χ0) is 14.3. The molecule has 1 N–H and O–H groups in total. The first-order chi connectivity index (χ1) is 9.60. The Morgan fingerprint density at radius 2 is 2.20 bits per heavy atom. The maximum absolute atomic E-state index is 13.5. The molecule has 0 aliphatic carbocycles. The van der Waals surface area contributed by atoms with E-state index in [2.05, 4.69) is 9.97 Å². The number of halogens is 2. The van der Waals surface area contributed by atoms with Crippen LogP contribution in [0.3, 0.4) is 0 Å². The fourth-order valence-electron chi connectivity index (χ4n) is 2.00. The second-order valence-corrected chi connectivity index (χ2v) is 4.93.